The van der Waals surface area contributed by atoms with Gasteiger partial charge in [0.05, 0.1) is 0 Å². The second-order valence-electron chi connectivity index (χ2n) is 2.80. The quantitative estimate of drug-likeness (QED) is 0.441. The van der Waals surface area contributed by atoms with Crippen LogP contribution in [-0.2, 0) is 0 Å². The molecule has 1 rings (SSSR count). The Kier molecular flexibility index (Phi) is 3.96. The van der Waals surface area contributed by atoms with Crippen molar-refractivity contribution in [3.8, 4) is 0 Å². The molecule has 1 aromatic carbocycles. The van der Waals surface area contributed by atoms with Crippen LogP contribution >= 0.6 is 11.6 Å². The zero-order valence-corrected chi connectivity index (χ0v) is 8.09. The van der Waals surface area contributed by atoms with Crippen molar-refractivity contribution in [1.82, 2.24) is 5.43 Å². The summed E-state index contributed by atoms with van der Waals surface area (Å²) < 4.78 is 0. The van der Waals surface area contributed by atoms with E-state index < -0.39 is 0 Å². The highest BCUT2D eigenvalue weighted by atomic mass is 35.5. The van der Waals surface area contributed by atoms with Gasteiger partial charge in [0.2, 0.25) is 0 Å². The van der Waals surface area contributed by atoms with Gasteiger partial charge in [0.1, 0.15) is 0 Å². The van der Waals surface area contributed by atoms with E-state index in [9.17, 15) is 0 Å². The number of benzene rings is 1. The van der Waals surface area contributed by atoms with Crippen molar-refractivity contribution in [2.24, 2.45) is 5.84 Å². The number of nitrogens with two attached hydrogens (primary N) is 1. The van der Waals surface area contributed by atoms with E-state index in [0.29, 0.717) is 0 Å². The van der Waals surface area contributed by atoms with Gasteiger partial charge in [-0.15, -0.1) is 6.58 Å². The molecule has 3 heteroatoms. The van der Waals surface area contributed by atoms with Gasteiger partial charge in [0.25, 0.3) is 0 Å². The van der Waals surface area contributed by atoms with Crippen LogP contribution in [0.2, 0.25) is 5.02 Å². The largest absolute Gasteiger partial charge is 0.271 e. The fourth-order valence-electron chi connectivity index (χ4n) is 1.16. The van der Waals surface area contributed by atoms with Crippen LogP contribution in [-0.4, -0.2) is 0 Å². The third-order valence-corrected chi connectivity index (χ3v) is 2.13. The van der Waals surface area contributed by atoms with Crippen LogP contribution in [0.15, 0.2) is 36.9 Å². The Balaban J connectivity index is 2.78. The van der Waals surface area contributed by atoms with Crippen molar-refractivity contribution in [2.45, 2.75) is 12.5 Å². The lowest BCUT2D eigenvalue weighted by molar-refractivity contribution is 0.561. The second-order valence-corrected chi connectivity index (χ2v) is 3.23. The first-order valence-corrected chi connectivity index (χ1v) is 4.48. The van der Waals surface area contributed by atoms with Crippen molar-refractivity contribution in [3.63, 3.8) is 0 Å². The molecular weight excluding hydrogens is 184 g/mol. The maximum Gasteiger partial charge on any atom is 0.0494 e. The predicted octanol–water partition coefficient (Wildman–Crippen LogP) is 2.42. The molecule has 1 atom stereocenters. The maximum atomic E-state index is 5.76. The van der Waals surface area contributed by atoms with E-state index >= 15 is 0 Å². The lowest BCUT2D eigenvalue weighted by Crippen LogP contribution is -2.27. The fraction of sp³-hybridized carbons (Fsp3) is 0.200. The van der Waals surface area contributed by atoms with E-state index in [-0.39, 0.29) is 6.04 Å². The minimum Gasteiger partial charge on any atom is -0.271 e. The first-order valence-electron chi connectivity index (χ1n) is 4.10. The zero-order chi connectivity index (χ0) is 9.68. The number of rotatable bonds is 4. The van der Waals surface area contributed by atoms with Crippen LogP contribution in [0.5, 0.6) is 0 Å². The van der Waals surface area contributed by atoms with Crippen LogP contribution in [0.25, 0.3) is 0 Å². The molecule has 0 saturated heterocycles. The van der Waals surface area contributed by atoms with Gasteiger partial charge in [-0.05, 0) is 24.1 Å². The molecule has 0 radical (unpaired) electrons. The Bertz CT molecular complexity index is 269. The lowest BCUT2D eigenvalue weighted by atomic mass is 10.0. The Morgan fingerprint density at radius 3 is 2.54 bits per heavy atom. The number of hydrazine groups is 1. The Labute approximate surface area is 83.4 Å². The van der Waals surface area contributed by atoms with Crippen LogP contribution in [0.1, 0.15) is 18.0 Å². The van der Waals surface area contributed by atoms with Gasteiger partial charge in [-0.2, -0.15) is 0 Å². The summed E-state index contributed by atoms with van der Waals surface area (Å²) in [5, 5.41) is 0.734. The minimum absolute atomic E-state index is 0.120. The maximum absolute atomic E-state index is 5.76. The summed E-state index contributed by atoms with van der Waals surface area (Å²) in [5.41, 5.74) is 3.84. The number of halogens is 1. The lowest BCUT2D eigenvalue weighted by Gasteiger charge is -2.13. The average molecular weight is 197 g/mol. The molecule has 0 heterocycles. The van der Waals surface area contributed by atoms with E-state index in [4.69, 9.17) is 17.4 Å². The van der Waals surface area contributed by atoms with Crippen LogP contribution < -0.4 is 11.3 Å². The van der Waals surface area contributed by atoms with E-state index in [2.05, 4.69) is 12.0 Å². The normalized spacial score (nSPS) is 12.5. The van der Waals surface area contributed by atoms with Crippen LogP contribution in [0.3, 0.4) is 0 Å². The molecule has 0 spiro atoms. The molecule has 13 heavy (non-hydrogen) atoms. The third-order valence-electron chi connectivity index (χ3n) is 1.88. The summed E-state index contributed by atoms with van der Waals surface area (Å²) in [6, 6.07) is 7.73. The first-order chi connectivity index (χ1) is 6.27. The van der Waals surface area contributed by atoms with Gasteiger partial charge >= 0.3 is 0 Å². The van der Waals surface area contributed by atoms with Crippen molar-refractivity contribution in [3.05, 3.63) is 47.5 Å². The van der Waals surface area contributed by atoms with Crippen molar-refractivity contribution in [1.29, 1.82) is 0 Å². The SMILES string of the molecule is C=CCC(NN)c1ccc(Cl)cc1. The zero-order valence-electron chi connectivity index (χ0n) is 7.33. The summed E-state index contributed by atoms with van der Waals surface area (Å²) in [7, 11) is 0. The smallest absolute Gasteiger partial charge is 0.0494 e. The highest BCUT2D eigenvalue weighted by Gasteiger charge is 2.06. The summed E-state index contributed by atoms with van der Waals surface area (Å²) >= 11 is 5.76. The highest BCUT2D eigenvalue weighted by molar-refractivity contribution is 6.30. The van der Waals surface area contributed by atoms with E-state index in [1.807, 2.05) is 30.3 Å². The number of nitrogens with one attached hydrogen (secondary N) is 1. The number of hydrogen-bond acceptors (Lipinski definition) is 2. The minimum atomic E-state index is 0.120. The molecule has 3 N–H and O–H groups in total. The second kappa shape index (κ2) is 5.02. The molecule has 0 aromatic heterocycles. The molecule has 1 aromatic rings. The van der Waals surface area contributed by atoms with Crippen LogP contribution in [0, 0.1) is 0 Å². The summed E-state index contributed by atoms with van der Waals surface area (Å²) in [5.74, 6) is 5.40. The first kappa shape index (κ1) is 10.3. The molecule has 0 aliphatic carbocycles. The summed E-state index contributed by atoms with van der Waals surface area (Å²) in [6.07, 6.45) is 2.64. The molecule has 0 fully saturated rings. The van der Waals surface area contributed by atoms with Gasteiger partial charge in [-0.1, -0.05) is 29.8 Å². The Hall–Kier alpha value is -0.830. The average Bonchev–Trinajstić information content (AvgIpc) is 2.16. The molecule has 0 saturated carbocycles. The molecule has 1 unspecified atom stereocenters. The monoisotopic (exact) mass is 196 g/mol. The van der Waals surface area contributed by atoms with Crippen molar-refractivity contribution >= 4 is 11.6 Å². The molecule has 2 nitrogen and oxygen atoms in total. The van der Waals surface area contributed by atoms with Gasteiger partial charge < -0.3 is 0 Å². The van der Waals surface area contributed by atoms with Crippen molar-refractivity contribution in [2.75, 3.05) is 0 Å². The van der Waals surface area contributed by atoms with E-state index in [1.165, 1.54) is 0 Å². The molecule has 0 aliphatic rings. The van der Waals surface area contributed by atoms with Gasteiger partial charge in [-0.3, -0.25) is 11.3 Å². The molecule has 0 amide bonds. The summed E-state index contributed by atoms with van der Waals surface area (Å²) in [6.45, 7) is 3.67. The third kappa shape index (κ3) is 2.84. The Morgan fingerprint density at radius 1 is 1.46 bits per heavy atom. The highest BCUT2D eigenvalue weighted by Crippen LogP contribution is 2.18. The van der Waals surface area contributed by atoms with Gasteiger partial charge in [-0.25, -0.2) is 0 Å². The summed E-state index contributed by atoms with van der Waals surface area (Å²) in [4.78, 5) is 0. The van der Waals surface area contributed by atoms with Gasteiger partial charge in [0, 0.05) is 11.1 Å². The molecule has 0 bridgehead atoms. The van der Waals surface area contributed by atoms with E-state index in [1.54, 1.807) is 0 Å². The van der Waals surface area contributed by atoms with E-state index in [0.717, 1.165) is 17.0 Å². The molecule has 0 aliphatic heterocycles. The predicted molar refractivity (Wildman–Crippen MR) is 56.3 cm³/mol. The van der Waals surface area contributed by atoms with Crippen LogP contribution in [0.4, 0.5) is 0 Å². The molecule has 70 valence electrons. The standard InChI is InChI=1S/C10H13ClN2/c1-2-3-10(13-12)8-4-6-9(11)7-5-8/h2,4-7,10,13H,1,3,12H2. The topological polar surface area (TPSA) is 38.0 Å². The van der Waals surface area contributed by atoms with Crippen molar-refractivity contribution < 1.29 is 0 Å². The Morgan fingerprint density at radius 2 is 2.08 bits per heavy atom. The van der Waals surface area contributed by atoms with Gasteiger partial charge in [0.15, 0.2) is 0 Å². The molecular formula is C10H13ClN2. The number of hydrogen-bond donors (Lipinski definition) is 2. The fourth-order valence-corrected chi connectivity index (χ4v) is 1.29.